The van der Waals surface area contributed by atoms with E-state index in [4.69, 9.17) is 34.8 Å². The summed E-state index contributed by atoms with van der Waals surface area (Å²) in [6.45, 7) is 1.12. The molecule has 0 aromatic heterocycles. The summed E-state index contributed by atoms with van der Waals surface area (Å²) >= 11 is 18.6. The largest absolute Gasteiger partial charge is 0.361 e. The van der Waals surface area contributed by atoms with Crippen molar-refractivity contribution >= 4 is 50.5 Å². The van der Waals surface area contributed by atoms with E-state index >= 15 is 0 Å². The van der Waals surface area contributed by atoms with E-state index in [1.165, 1.54) is 4.31 Å². The molecule has 1 aliphatic rings. The van der Waals surface area contributed by atoms with Crippen LogP contribution in [0.15, 0.2) is 77.7 Å². The molecule has 3 aromatic rings. The Balaban J connectivity index is 1.72. The lowest BCUT2D eigenvalue weighted by molar-refractivity contribution is 0.335. The molecule has 0 bridgehead atoms. The Morgan fingerprint density at radius 3 is 2.13 bits per heavy atom. The molecule has 0 aliphatic carbocycles. The maximum Gasteiger partial charge on any atom is 0.243 e. The van der Waals surface area contributed by atoms with Crippen LogP contribution in [0.1, 0.15) is 11.6 Å². The molecule has 1 atom stereocenters. The molecule has 0 saturated carbocycles. The molecule has 1 fully saturated rings. The fraction of sp³-hybridized carbons (Fsp3) is 0.182. The number of hydrogen-bond donors (Lipinski definition) is 0. The molecule has 0 amide bonds. The SMILES string of the molecule is O=S(=O)(c1ccccc1)N1CCN(c2ccc(Cl)cc2Cl)C(c2ccc(Cl)cc2)C1. The van der Waals surface area contributed by atoms with Crippen molar-refractivity contribution in [3.63, 3.8) is 0 Å². The Labute approximate surface area is 191 Å². The third-order valence-electron chi connectivity index (χ3n) is 5.20. The van der Waals surface area contributed by atoms with E-state index in [2.05, 4.69) is 4.90 Å². The lowest BCUT2D eigenvalue weighted by Crippen LogP contribution is -2.50. The summed E-state index contributed by atoms with van der Waals surface area (Å²) in [6, 6.07) is 21.1. The van der Waals surface area contributed by atoms with Crippen LogP contribution in [-0.4, -0.2) is 32.4 Å². The third kappa shape index (κ3) is 4.32. The van der Waals surface area contributed by atoms with Crippen molar-refractivity contribution in [2.45, 2.75) is 10.9 Å². The van der Waals surface area contributed by atoms with Crippen LogP contribution in [0.25, 0.3) is 0 Å². The lowest BCUT2D eigenvalue weighted by atomic mass is 10.0. The van der Waals surface area contributed by atoms with Crippen molar-refractivity contribution in [3.8, 4) is 0 Å². The van der Waals surface area contributed by atoms with E-state index in [-0.39, 0.29) is 17.5 Å². The van der Waals surface area contributed by atoms with Gasteiger partial charge in [0.1, 0.15) is 0 Å². The monoisotopic (exact) mass is 480 g/mol. The van der Waals surface area contributed by atoms with Crippen LogP contribution in [0.5, 0.6) is 0 Å². The van der Waals surface area contributed by atoms with Gasteiger partial charge in [0.2, 0.25) is 10.0 Å². The van der Waals surface area contributed by atoms with Gasteiger partial charge in [0, 0.05) is 29.7 Å². The Morgan fingerprint density at radius 1 is 0.800 bits per heavy atom. The summed E-state index contributed by atoms with van der Waals surface area (Å²) in [5.41, 5.74) is 1.77. The van der Waals surface area contributed by atoms with E-state index in [1.807, 2.05) is 30.3 Å². The predicted octanol–water partition coefficient (Wildman–Crippen LogP) is 5.90. The van der Waals surface area contributed by atoms with Crippen molar-refractivity contribution in [2.75, 3.05) is 24.5 Å². The molecule has 0 N–H and O–H groups in total. The molecule has 1 aliphatic heterocycles. The Hall–Kier alpha value is -1.76. The van der Waals surface area contributed by atoms with Crippen molar-refractivity contribution in [2.24, 2.45) is 0 Å². The maximum absolute atomic E-state index is 13.2. The number of halogens is 3. The van der Waals surface area contributed by atoms with Gasteiger partial charge < -0.3 is 4.90 Å². The molecule has 1 heterocycles. The van der Waals surface area contributed by atoms with E-state index in [0.717, 1.165) is 11.3 Å². The number of sulfonamides is 1. The number of rotatable bonds is 4. The van der Waals surface area contributed by atoms with Gasteiger partial charge >= 0.3 is 0 Å². The van der Waals surface area contributed by atoms with Gasteiger partial charge in [0.05, 0.1) is 21.6 Å². The summed E-state index contributed by atoms with van der Waals surface area (Å²) in [5.74, 6) is 0. The van der Waals surface area contributed by atoms with Crippen LogP contribution >= 0.6 is 34.8 Å². The van der Waals surface area contributed by atoms with Gasteiger partial charge in [-0.15, -0.1) is 0 Å². The zero-order valence-corrected chi connectivity index (χ0v) is 19.0. The first-order chi connectivity index (χ1) is 14.4. The standard InChI is InChI=1S/C22H19Cl3N2O2S/c23-17-8-6-16(7-9-17)22-15-26(30(28,29)19-4-2-1-3-5-19)12-13-27(22)21-11-10-18(24)14-20(21)25/h1-11,14,22H,12-13,15H2. The average Bonchev–Trinajstić information content (AvgIpc) is 2.75. The highest BCUT2D eigenvalue weighted by Crippen LogP contribution is 2.37. The summed E-state index contributed by atoms with van der Waals surface area (Å²) in [4.78, 5) is 2.41. The fourth-order valence-corrected chi connectivity index (χ4v) is 5.79. The van der Waals surface area contributed by atoms with Crippen molar-refractivity contribution in [3.05, 3.63) is 93.4 Å². The maximum atomic E-state index is 13.2. The minimum Gasteiger partial charge on any atom is -0.361 e. The number of benzene rings is 3. The normalized spacial score (nSPS) is 17.8. The van der Waals surface area contributed by atoms with Crippen LogP contribution in [0.2, 0.25) is 15.1 Å². The highest BCUT2D eigenvalue weighted by Gasteiger charge is 2.35. The molecule has 0 radical (unpaired) electrons. The van der Waals surface area contributed by atoms with Gasteiger partial charge in [-0.2, -0.15) is 4.31 Å². The zero-order valence-electron chi connectivity index (χ0n) is 15.9. The second-order valence-electron chi connectivity index (χ2n) is 7.03. The van der Waals surface area contributed by atoms with E-state index < -0.39 is 10.0 Å². The molecule has 3 aromatic carbocycles. The van der Waals surface area contributed by atoms with Gasteiger partial charge in [-0.1, -0.05) is 65.1 Å². The summed E-state index contributed by atoms with van der Waals surface area (Å²) in [5, 5.41) is 1.71. The van der Waals surface area contributed by atoms with Crippen LogP contribution in [0.3, 0.4) is 0 Å². The minimum atomic E-state index is -3.61. The molecule has 30 heavy (non-hydrogen) atoms. The van der Waals surface area contributed by atoms with Crippen LogP contribution < -0.4 is 4.90 Å². The molecule has 8 heteroatoms. The fourth-order valence-electron chi connectivity index (χ4n) is 3.69. The Bertz CT molecular complexity index is 1140. The topological polar surface area (TPSA) is 40.6 Å². The van der Waals surface area contributed by atoms with E-state index in [1.54, 1.807) is 42.5 Å². The van der Waals surface area contributed by atoms with E-state index in [9.17, 15) is 8.42 Å². The number of hydrogen-bond acceptors (Lipinski definition) is 3. The summed E-state index contributed by atoms with van der Waals surface area (Å²) < 4.78 is 28.0. The molecule has 1 saturated heterocycles. The minimum absolute atomic E-state index is 0.229. The first-order valence-electron chi connectivity index (χ1n) is 9.38. The van der Waals surface area contributed by atoms with Crippen LogP contribution in [-0.2, 0) is 10.0 Å². The zero-order chi connectivity index (χ0) is 21.3. The molecule has 156 valence electrons. The highest BCUT2D eigenvalue weighted by molar-refractivity contribution is 7.89. The molecular formula is C22H19Cl3N2O2S. The lowest BCUT2D eigenvalue weighted by Gasteiger charge is -2.42. The Morgan fingerprint density at radius 2 is 1.47 bits per heavy atom. The second kappa shape index (κ2) is 8.77. The molecule has 4 nitrogen and oxygen atoms in total. The van der Waals surface area contributed by atoms with Gasteiger partial charge in [-0.25, -0.2) is 8.42 Å². The van der Waals surface area contributed by atoms with Gasteiger partial charge in [-0.05, 0) is 48.0 Å². The highest BCUT2D eigenvalue weighted by atomic mass is 35.5. The van der Waals surface area contributed by atoms with Gasteiger partial charge in [0.15, 0.2) is 0 Å². The van der Waals surface area contributed by atoms with Crippen LogP contribution in [0, 0.1) is 0 Å². The first-order valence-corrected chi connectivity index (χ1v) is 12.0. The van der Waals surface area contributed by atoms with Crippen LogP contribution in [0.4, 0.5) is 5.69 Å². The van der Waals surface area contributed by atoms with Crippen molar-refractivity contribution in [1.82, 2.24) is 4.31 Å². The summed E-state index contributed by atoms with van der Waals surface area (Å²) in [6.07, 6.45) is 0. The smallest absolute Gasteiger partial charge is 0.243 e. The van der Waals surface area contributed by atoms with E-state index in [0.29, 0.717) is 28.2 Å². The first kappa shape index (κ1) is 21.5. The van der Waals surface area contributed by atoms with Crippen molar-refractivity contribution in [1.29, 1.82) is 0 Å². The number of nitrogens with zero attached hydrogens (tertiary/aromatic N) is 2. The number of piperazine rings is 1. The average molecular weight is 482 g/mol. The van der Waals surface area contributed by atoms with Gasteiger partial charge in [-0.3, -0.25) is 0 Å². The molecular weight excluding hydrogens is 463 g/mol. The molecule has 4 rings (SSSR count). The second-order valence-corrected chi connectivity index (χ2v) is 10.3. The quantitative estimate of drug-likeness (QED) is 0.466. The number of anilines is 1. The summed E-state index contributed by atoms with van der Waals surface area (Å²) in [7, 11) is -3.61. The molecule has 0 spiro atoms. The Kier molecular flexibility index (Phi) is 6.28. The third-order valence-corrected chi connectivity index (χ3v) is 7.87. The predicted molar refractivity (Wildman–Crippen MR) is 123 cm³/mol. The van der Waals surface area contributed by atoms with Gasteiger partial charge in [0.25, 0.3) is 0 Å². The molecule has 1 unspecified atom stereocenters. The van der Waals surface area contributed by atoms with Crippen molar-refractivity contribution < 1.29 is 8.42 Å².